The molecule has 0 atom stereocenters. The van der Waals surface area contributed by atoms with Crippen molar-refractivity contribution in [3.63, 3.8) is 0 Å². The van der Waals surface area contributed by atoms with Crippen LogP contribution in [0.15, 0.2) is 73.1 Å². The SMILES string of the molecule is CN(C)c1cccc(-c2cccc(C(=O)Nc3cn(C)nc3-c3ccccn3)n2)c1. The molecule has 0 radical (unpaired) electrons. The van der Waals surface area contributed by atoms with Crippen LogP contribution >= 0.6 is 0 Å². The van der Waals surface area contributed by atoms with E-state index in [9.17, 15) is 4.79 Å². The molecule has 0 unspecified atom stereocenters. The zero-order valence-corrected chi connectivity index (χ0v) is 17.1. The van der Waals surface area contributed by atoms with Crippen molar-refractivity contribution >= 4 is 17.3 Å². The number of anilines is 2. The van der Waals surface area contributed by atoms with Gasteiger partial charge < -0.3 is 10.2 Å². The van der Waals surface area contributed by atoms with Gasteiger partial charge >= 0.3 is 0 Å². The molecule has 0 saturated heterocycles. The number of amides is 1. The van der Waals surface area contributed by atoms with E-state index >= 15 is 0 Å². The molecule has 0 aliphatic carbocycles. The zero-order valence-electron chi connectivity index (χ0n) is 17.1. The van der Waals surface area contributed by atoms with Crippen molar-refractivity contribution < 1.29 is 4.79 Å². The number of rotatable bonds is 5. The Hall–Kier alpha value is -4.00. The second kappa shape index (κ2) is 8.16. The van der Waals surface area contributed by atoms with E-state index in [1.165, 1.54) is 0 Å². The summed E-state index contributed by atoms with van der Waals surface area (Å²) in [6, 6.07) is 19.1. The number of carbonyl (C=O) groups is 1. The van der Waals surface area contributed by atoms with Gasteiger partial charge in [0.2, 0.25) is 0 Å². The molecule has 1 amide bonds. The molecule has 1 N–H and O–H groups in total. The number of benzene rings is 1. The van der Waals surface area contributed by atoms with Gasteiger partial charge in [0.25, 0.3) is 5.91 Å². The molecule has 3 heterocycles. The second-order valence-electron chi connectivity index (χ2n) is 7.09. The molecule has 1 aromatic carbocycles. The average molecular weight is 398 g/mol. The highest BCUT2D eigenvalue weighted by Crippen LogP contribution is 2.26. The molecular weight excluding hydrogens is 376 g/mol. The van der Waals surface area contributed by atoms with Crippen LogP contribution in [0.25, 0.3) is 22.6 Å². The summed E-state index contributed by atoms with van der Waals surface area (Å²) in [5, 5.41) is 7.35. The van der Waals surface area contributed by atoms with Crippen LogP contribution in [0.2, 0.25) is 0 Å². The first-order valence-electron chi connectivity index (χ1n) is 9.52. The highest BCUT2D eigenvalue weighted by molar-refractivity contribution is 6.04. The molecule has 7 nitrogen and oxygen atoms in total. The van der Waals surface area contributed by atoms with Crippen molar-refractivity contribution in [1.29, 1.82) is 0 Å². The predicted molar refractivity (Wildman–Crippen MR) is 118 cm³/mol. The number of pyridine rings is 2. The van der Waals surface area contributed by atoms with E-state index in [2.05, 4.69) is 20.4 Å². The summed E-state index contributed by atoms with van der Waals surface area (Å²) in [6.07, 6.45) is 3.45. The standard InChI is InChI=1S/C23H22N6O/c1-28(2)17-9-6-8-16(14-17)18-11-7-12-20(25-18)23(30)26-21-15-29(3)27-22(21)19-10-4-5-13-24-19/h4-15H,1-3H3,(H,26,30). The minimum absolute atomic E-state index is 0.300. The van der Waals surface area contributed by atoms with Crippen molar-refractivity contribution in [3.05, 3.63) is 78.8 Å². The lowest BCUT2D eigenvalue weighted by Gasteiger charge is -2.13. The first-order chi connectivity index (χ1) is 14.5. The van der Waals surface area contributed by atoms with Crippen LogP contribution in [0.1, 0.15) is 10.5 Å². The van der Waals surface area contributed by atoms with Crippen LogP contribution in [0.5, 0.6) is 0 Å². The lowest BCUT2D eigenvalue weighted by atomic mass is 10.1. The Morgan fingerprint density at radius 2 is 1.80 bits per heavy atom. The van der Waals surface area contributed by atoms with Crippen LogP contribution in [-0.2, 0) is 7.05 Å². The van der Waals surface area contributed by atoms with Crippen molar-refractivity contribution in [2.75, 3.05) is 24.3 Å². The van der Waals surface area contributed by atoms with E-state index in [0.29, 0.717) is 22.8 Å². The maximum atomic E-state index is 12.9. The highest BCUT2D eigenvalue weighted by Gasteiger charge is 2.16. The molecule has 0 fully saturated rings. The monoisotopic (exact) mass is 398 g/mol. The van der Waals surface area contributed by atoms with Crippen LogP contribution in [0.3, 0.4) is 0 Å². The molecule has 4 rings (SSSR count). The molecule has 3 aromatic heterocycles. The minimum Gasteiger partial charge on any atom is -0.378 e. The summed E-state index contributed by atoms with van der Waals surface area (Å²) in [4.78, 5) is 23.9. The molecular formula is C23H22N6O. The predicted octanol–water partition coefficient (Wildman–Crippen LogP) is 3.86. The quantitative estimate of drug-likeness (QED) is 0.552. The number of aromatic nitrogens is 4. The minimum atomic E-state index is -0.300. The van der Waals surface area contributed by atoms with E-state index in [1.807, 2.05) is 73.6 Å². The Kier molecular flexibility index (Phi) is 5.26. The smallest absolute Gasteiger partial charge is 0.274 e. The number of hydrogen-bond donors (Lipinski definition) is 1. The number of hydrogen-bond acceptors (Lipinski definition) is 5. The summed E-state index contributed by atoms with van der Waals surface area (Å²) in [5.41, 5.74) is 4.98. The lowest BCUT2D eigenvalue weighted by molar-refractivity contribution is 0.102. The van der Waals surface area contributed by atoms with Crippen LogP contribution in [-0.4, -0.2) is 39.8 Å². The summed E-state index contributed by atoms with van der Waals surface area (Å²) >= 11 is 0. The Bertz CT molecular complexity index is 1180. The van der Waals surface area contributed by atoms with Gasteiger partial charge in [0.1, 0.15) is 11.4 Å². The number of carbonyl (C=O) groups excluding carboxylic acids is 1. The van der Waals surface area contributed by atoms with Gasteiger partial charge in [-0.2, -0.15) is 5.10 Å². The fourth-order valence-electron chi connectivity index (χ4n) is 3.12. The number of aryl methyl sites for hydroxylation is 1. The first-order valence-corrected chi connectivity index (χ1v) is 9.52. The maximum Gasteiger partial charge on any atom is 0.274 e. The molecule has 0 aliphatic rings. The molecule has 4 aromatic rings. The van der Waals surface area contributed by atoms with Gasteiger partial charge in [-0.15, -0.1) is 0 Å². The van der Waals surface area contributed by atoms with Gasteiger partial charge in [-0.25, -0.2) is 4.98 Å². The fourth-order valence-corrected chi connectivity index (χ4v) is 3.12. The Morgan fingerprint density at radius 1 is 1.00 bits per heavy atom. The van der Waals surface area contributed by atoms with Gasteiger partial charge in [0, 0.05) is 44.8 Å². The second-order valence-corrected chi connectivity index (χ2v) is 7.09. The van der Waals surface area contributed by atoms with E-state index in [0.717, 1.165) is 16.9 Å². The van der Waals surface area contributed by atoms with E-state index in [4.69, 9.17) is 0 Å². The highest BCUT2D eigenvalue weighted by atomic mass is 16.1. The zero-order chi connectivity index (χ0) is 21.1. The van der Waals surface area contributed by atoms with Crippen LogP contribution < -0.4 is 10.2 Å². The summed E-state index contributed by atoms with van der Waals surface area (Å²) in [7, 11) is 5.78. The van der Waals surface area contributed by atoms with Gasteiger partial charge in [-0.05, 0) is 36.4 Å². The number of nitrogens with zero attached hydrogens (tertiary/aromatic N) is 5. The molecule has 0 spiro atoms. The van der Waals surface area contributed by atoms with E-state index in [-0.39, 0.29) is 5.91 Å². The largest absolute Gasteiger partial charge is 0.378 e. The summed E-state index contributed by atoms with van der Waals surface area (Å²) in [6.45, 7) is 0. The molecule has 30 heavy (non-hydrogen) atoms. The lowest BCUT2D eigenvalue weighted by Crippen LogP contribution is -2.14. The Morgan fingerprint density at radius 3 is 2.57 bits per heavy atom. The number of nitrogens with one attached hydrogen (secondary N) is 1. The molecule has 7 heteroatoms. The third-order valence-corrected chi connectivity index (χ3v) is 4.62. The molecule has 0 saturated carbocycles. The van der Waals surface area contributed by atoms with Crippen molar-refractivity contribution in [2.24, 2.45) is 7.05 Å². The topological polar surface area (TPSA) is 75.9 Å². The van der Waals surface area contributed by atoms with Gasteiger partial charge in [-0.1, -0.05) is 24.3 Å². The van der Waals surface area contributed by atoms with Crippen LogP contribution in [0, 0.1) is 0 Å². The molecule has 0 bridgehead atoms. The Balaban J connectivity index is 1.62. The van der Waals surface area contributed by atoms with Gasteiger partial charge in [-0.3, -0.25) is 14.5 Å². The maximum absolute atomic E-state index is 12.9. The van der Waals surface area contributed by atoms with Gasteiger partial charge in [0.05, 0.1) is 17.1 Å². The van der Waals surface area contributed by atoms with Crippen molar-refractivity contribution in [1.82, 2.24) is 19.7 Å². The van der Waals surface area contributed by atoms with E-state index < -0.39 is 0 Å². The summed E-state index contributed by atoms with van der Waals surface area (Å²) in [5.74, 6) is -0.300. The third kappa shape index (κ3) is 4.05. The van der Waals surface area contributed by atoms with Gasteiger partial charge in [0.15, 0.2) is 0 Å². The normalized spacial score (nSPS) is 10.6. The fraction of sp³-hybridized carbons (Fsp3) is 0.130. The van der Waals surface area contributed by atoms with Crippen molar-refractivity contribution in [3.8, 4) is 22.6 Å². The van der Waals surface area contributed by atoms with Crippen molar-refractivity contribution in [2.45, 2.75) is 0 Å². The third-order valence-electron chi connectivity index (χ3n) is 4.62. The molecule has 0 aliphatic heterocycles. The Labute approximate surface area is 175 Å². The summed E-state index contributed by atoms with van der Waals surface area (Å²) < 4.78 is 1.65. The van der Waals surface area contributed by atoms with Crippen LogP contribution in [0.4, 0.5) is 11.4 Å². The van der Waals surface area contributed by atoms with E-state index in [1.54, 1.807) is 30.2 Å². The molecule has 150 valence electrons. The first kappa shape index (κ1) is 19.3. The average Bonchev–Trinajstić information content (AvgIpc) is 3.14.